The smallest absolute Gasteiger partial charge is 0.332 e. The fourth-order valence-corrected chi connectivity index (χ4v) is 3.69. The second-order valence-corrected chi connectivity index (χ2v) is 7.11. The van der Waals surface area contributed by atoms with Crippen LogP contribution in [0.3, 0.4) is 0 Å². The molecule has 98 valence electrons. The summed E-state index contributed by atoms with van der Waals surface area (Å²) in [6.07, 6.45) is 0. The Hall–Kier alpha value is -0.920. The molecule has 5 nitrogen and oxygen atoms in total. The Morgan fingerprint density at radius 3 is 2.28 bits per heavy atom. The van der Waals surface area contributed by atoms with Crippen LogP contribution in [0.1, 0.15) is 0 Å². The summed E-state index contributed by atoms with van der Waals surface area (Å²) in [4.78, 5) is 11.8. The van der Waals surface area contributed by atoms with E-state index in [2.05, 4.69) is 20.7 Å². The fourth-order valence-electron chi connectivity index (χ4n) is 1.70. The number of carbonyl (C=O) groups excluding carboxylic acids is 1. The highest BCUT2D eigenvalue weighted by Crippen LogP contribution is 2.34. The SMILES string of the molecule is COC(=O)C1(S(=O)(=O)c2ccc(Br)cc2)COC1. The quantitative estimate of drug-likeness (QED) is 0.776. The van der Waals surface area contributed by atoms with Crippen molar-refractivity contribution >= 4 is 31.7 Å². The highest BCUT2D eigenvalue weighted by Gasteiger charge is 2.58. The fraction of sp³-hybridized carbons (Fsp3) is 0.364. The summed E-state index contributed by atoms with van der Waals surface area (Å²) in [7, 11) is -2.65. The first-order chi connectivity index (χ1) is 8.44. The highest BCUT2D eigenvalue weighted by atomic mass is 79.9. The van der Waals surface area contributed by atoms with Crippen molar-refractivity contribution in [3.63, 3.8) is 0 Å². The molecule has 0 saturated carbocycles. The predicted octanol–water partition coefficient (Wildman–Crippen LogP) is 1.16. The second kappa shape index (κ2) is 4.64. The normalized spacial score (nSPS) is 17.9. The number of hydrogen-bond donors (Lipinski definition) is 0. The summed E-state index contributed by atoms with van der Waals surface area (Å²) >= 11 is 3.23. The number of benzene rings is 1. The number of sulfone groups is 1. The molecule has 2 rings (SSSR count). The van der Waals surface area contributed by atoms with Crippen LogP contribution in [-0.2, 0) is 24.1 Å². The summed E-state index contributed by atoms with van der Waals surface area (Å²) in [6.45, 7) is -0.337. The predicted molar refractivity (Wildman–Crippen MR) is 66.9 cm³/mol. The van der Waals surface area contributed by atoms with Gasteiger partial charge in [0, 0.05) is 4.47 Å². The summed E-state index contributed by atoms with van der Waals surface area (Å²) in [5.74, 6) is -0.781. The molecule has 1 heterocycles. The van der Waals surface area contributed by atoms with Gasteiger partial charge in [0.15, 0.2) is 9.84 Å². The number of ether oxygens (including phenoxy) is 2. The third kappa shape index (κ3) is 1.86. The van der Waals surface area contributed by atoms with E-state index < -0.39 is 20.6 Å². The van der Waals surface area contributed by atoms with Gasteiger partial charge in [0.2, 0.25) is 4.75 Å². The molecule has 0 bridgehead atoms. The molecule has 1 aromatic rings. The Morgan fingerprint density at radius 1 is 1.33 bits per heavy atom. The van der Waals surface area contributed by atoms with Gasteiger partial charge in [0.25, 0.3) is 0 Å². The Morgan fingerprint density at radius 2 is 1.89 bits per heavy atom. The molecule has 1 fully saturated rings. The van der Waals surface area contributed by atoms with Crippen LogP contribution in [0, 0.1) is 0 Å². The summed E-state index contributed by atoms with van der Waals surface area (Å²) in [5, 5.41) is 0. The topological polar surface area (TPSA) is 69.7 Å². The van der Waals surface area contributed by atoms with E-state index in [1.807, 2.05) is 0 Å². The molecule has 1 saturated heterocycles. The molecular formula is C11H11BrO5S. The zero-order valence-corrected chi connectivity index (χ0v) is 12.0. The van der Waals surface area contributed by atoms with E-state index in [9.17, 15) is 13.2 Å². The van der Waals surface area contributed by atoms with Crippen molar-refractivity contribution in [3.05, 3.63) is 28.7 Å². The van der Waals surface area contributed by atoms with E-state index in [4.69, 9.17) is 4.74 Å². The molecule has 0 unspecified atom stereocenters. The van der Waals surface area contributed by atoms with Crippen molar-refractivity contribution in [1.82, 2.24) is 0 Å². The third-order valence-corrected chi connectivity index (χ3v) is 5.72. The maximum absolute atomic E-state index is 12.5. The van der Waals surface area contributed by atoms with Crippen LogP contribution < -0.4 is 0 Å². The van der Waals surface area contributed by atoms with Gasteiger partial charge in [-0.15, -0.1) is 0 Å². The maximum Gasteiger partial charge on any atom is 0.332 e. The van der Waals surface area contributed by atoms with Crippen molar-refractivity contribution in [2.45, 2.75) is 9.64 Å². The Balaban J connectivity index is 2.47. The number of halogens is 1. The lowest BCUT2D eigenvalue weighted by Gasteiger charge is -2.37. The van der Waals surface area contributed by atoms with Crippen LogP contribution in [-0.4, -0.2) is 39.5 Å². The van der Waals surface area contributed by atoms with Gasteiger partial charge >= 0.3 is 5.97 Å². The minimum Gasteiger partial charge on any atom is -0.468 e. The Bertz CT molecular complexity index is 560. The van der Waals surface area contributed by atoms with Gasteiger partial charge in [-0.3, -0.25) is 4.79 Å². The molecule has 18 heavy (non-hydrogen) atoms. The number of methoxy groups -OCH3 is 1. The number of hydrogen-bond acceptors (Lipinski definition) is 5. The van der Waals surface area contributed by atoms with Crippen molar-refractivity contribution < 1.29 is 22.7 Å². The Kier molecular flexibility index (Phi) is 3.48. The molecule has 0 aliphatic carbocycles. The van der Waals surface area contributed by atoms with E-state index in [0.717, 1.165) is 4.47 Å². The Labute approximate surface area is 113 Å². The standard InChI is InChI=1S/C11H11BrO5S/c1-16-10(13)11(6-17-7-11)18(14,15)9-4-2-8(12)3-5-9/h2-5H,6-7H2,1H3. The maximum atomic E-state index is 12.5. The van der Waals surface area contributed by atoms with E-state index in [1.165, 1.54) is 19.2 Å². The molecular weight excluding hydrogens is 324 g/mol. The van der Waals surface area contributed by atoms with Gasteiger partial charge in [-0.1, -0.05) is 15.9 Å². The summed E-state index contributed by atoms with van der Waals surface area (Å²) < 4.78 is 33.5. The highest BCUT2D eigenvalue weighted by molar-refractivity contribution is 9.10. The molecule has 0 spiro atoms. The molecule has 0 aromatic heterocycles. The monoisotopic (exact) mass is 334 g/mol. The molecule has 0 radical (unpaired) electrons. The second-order valence-electron chi connectivity index (χ2n) is 3.94. The minimum atomic E-state index is -3.81. The van der Waals surface area contributed by atoms with Gasteiger partial charge in [-0.25, -0.2) is 8.42 Å². The summed E-state index contributed by atoms with van der Waals surface area (Å²) in [6, 6.07) is 6.11. The van der Waals surface area contributed by atoms with Crippen LogP contribution in [0.25, 0.3) is 0 Å². The third-order valence-electron chi connectivity index (χ3n) is 2.87. The first-order valence-corrected chi connectivity index (χ1v) is 7.38. The molecule has 7 heteroatoms. The molecule has 1 aliphatic heterocycles. The average Bonchev–Trinajstić information content (AvgIpc) is 2.27. The van der Waals surface area contributed by atoms with Gasteiger partial charge < -0.3 is 9.47 Å². The van der Waals surface area contributed by atoms with Crippen LogP contribution in [0.5, 0.6) is 0 Å². The van der Waals surface area contributed by atoms with E-state index >= 15 is 0 Å². The first-order valence-electron chi connectivity index (χ1n) is 5.10. The van der Waals surface area contributed by atoms with Crippen molar-refractivity contribution in [3.8, 4) is 0 Å². The number of carbonyl (C=O) groups is 1. The lowest BCUT2D eigenvalue weighted by atomic mass is 10.1. The van der Waals surface area contributed by atoms with Gasteiger partial charge in [0.1, 0.15) is 0 Å². The first kappa shape index (κ1) is 13.5. The van der Waals surface area contributed by atoms with Crippen LogP contribution >= 0.6 is 15.9 Å². The minimum absolute atomic E-state index is 0.0828. The lowest BCUT2D eigenvalue weighted by Crippen LogP contribution is -2.61. The zero-order valence-electron chi connectivity index (χ0n) is 9.55. The van der Waals surface area contributed by atoms with Gasteiger partial charge in [-0.2, -0.15) is 0 Å². The molecule has 0 amide bonds. The number of esters is 1. The van der Waals surface area contributed by atoms with Crippen molar-refractivity contribution in [2.75, 3.05) is 20.3 Å². The van der Waals surface area contributed by atoms with Crippen molar-refractivity contribution in [1.29, 1.82) is 0 Å². The largest absolute Gasteiger partial charge is 0.468 e. The zero-order chi connectivity index (χ0) is 13.4. The van der Waals surface area contributed by atoms with Crippen LogP contribution in [0.4, 0.5) is 0 Å². The van der Waals surface area contributed by atoms with Crippen molar-refractivity contribution in [2.24, 2.45) is 0 Å². The van der Waals surface area contributed by atoms with E-state index in [0.29, 0.717) is 0 Å². The average molecular weight is 335 g/mol. The molecule has 1 aromatic carbocycles. The summed E-state index contributed by atoms with van der Waals surface area (Å²) in [5.41, 5.74) is 0. The van der Waals surface area contributed by atoms with Gasteiger partial charge in [-0.05, 0) is 24.3 Å². The van der Waals surface area contributed by atoms with E-state index in [1.54, 1.807) is 12.1 Å². The lowest BCUT2D eigenvalue weighted by molar-refractivity contribution is -0.155. The van der Waals surface area contributed by atoms with Crippen LogP contribution in [0.15, 0.2) is 33.6 Å². The van der Waals surface area contributed by atoms with E-state index in [-0.39, 0.29) is 18.1 Å². The van der Waals surface area contributed by atoms with Crippen LogP contribution in [0.2, 0.25) is 0 Å². The van der Waals surface area contributed by atoms with Gasteiger partial charge in [0.05, 0.1) is 25.2 Å². The molecule has 1 aliphatic rings. The molecule has 0 N–H and O–H groups in total. The number of rotatable bonds is 3. The molecule has 0 atom stereocenters.